The summed E-state index contributed by atoms with van der Waals surface area (Å²) in [6, 6.07) is 17.4. The Labute approximate surface area is 213 Å². The molecule has 3 rings (SSSR count). The molecule has 0 bridgehead atoms. The summed E-state index contributed by atoms with van der Waals surface area (Å²) in [5.41, 5.74) is 6.89. The van der Waals surface area contributed by atoms with E-state index < -0.39 is 11.7 Å². The van der Waals surface area contributed by atoms with E-state index >= 15 is 0 Å². The van der Waals surface area contributed by atoms with Crippen LogP contribution in [0.3, 0.4) is 0 Å². The van der Waals surface area contributed by atoms with Crippen molar-refractivity contribution < 1.29 is 23.8 Å². The minimum atomic E-state index is -0.529. The van der Waals surface area contributed by atoms with Gasteiger partial charge in [-0.05, 0) is 111 Å². The van der Waals surface area contributed by atoms with Gasteiger partial charge in [-0.2, -0.15) is 0 Å². The molecule has 6 heteroatoms. The molecule has 0 unspecified atom stereocenters. The van der Waals surface area contributed by atoms with E-state index in [0.29, 0.717) is 25.3 Å². The molecule has 0 saturated heterocycles. The molecule has 36 heavy (non-hydrogen) atoms. The summed E-state index contributed by atoms with van der Waals surface area (Å²) in [6.45, 7) is 12.9. The highest BCUT2D eigenvalue weighted by atomic mass is 16.6. The summed E-state index contributed by atoms with van der Waals surface area (Å²) in [5, 5.41) is 2.71. The lowest BCUT2D eigenvalue weighted by Crippen LogP contribution is -2.34. The summed E-state index contributed by atoms with van der Waals surface area (Å²) in [6.07, 6.45) is 0.366. The first-order chi connectivity index (χ1) is 17.1. The number of aryl methyl sites for hydroxylation is 2. The molecule has 0 heterocycles. The van der Waals surface area contributed by atoms with Crippen molar-refractivity contribution in [2.24, 2.45) is 0 Å². The van der Waals surface area contributed by atoms with Gasteiger partial charge >= 0.3 is 6.09 Å². The topological polar surface area (TPSA) is 73.9 Å². The van der Waals surface area contributed by atoms with E-state index in [0.717, 1.165) is 45.6 Å². The molecule has 0 radical (unpaired) electrons. The molecule has 0 aliphatic carbocycles. The number of aldehydes is 1. The van der Waals surface area contributed by atoms with Crippen molar-refractivity contribution in [2.45, 2.75) is 53.8 Å². The molecule has 3 aromatic carbocycles. The third-order valence-corrected chi connectivity index (χ3v) is 5.67. The molecule has 0 atom stereocenters. The van der Waals surface area contributed by atoms with Gasteiger partial charge in [0.2, 0.25) is 0 Å². The van der Waals surface area contributed by atoms with Gasteiger partial charge in [0.1, 0.15) is 36.6 Å². The number of carbonyl (C=O) groups excluding carboxylic acids is 2. The highest BCUT2D eigenvalue weighted by Gasteiger charge is 2.16. The third kappa shape index (κ3) is 7.35. The van der Waals surface area contributed by atoms with Gasteiger partial charge in [-0.3, -0.25) is 4.79 Å². The molecule has 0 aliphatic rings. The fraction of sp³-hybridized carbons (Fsp3) is 0.333. The van der Waals surface area contributed by atoms with Gasteiger partial charge < -0.3 is 19.5 Å². The van der Waals surface area contributed by atoms with Crippen molar-refractivity contribution in [3.63, 3.8) is 0 Å². The van der Waals surface area contributed by atoms with Crippen LogP contribution < -0.4 is 14.8 Å². The van der Waals surface area contributed by atoms with Crippen molar-refractivity contribution in [1.29, 1.82) is 0 Å². The lowest BCUT2D eigenvalue weighted by Gasteiger charge is -2.20. The number of hydrogen-bond donors (Lipinski definition) is 1. The van der Waals surface area contributed by atoms with E-state index in [2.05, 4.69) is 38.2 Å². The second kappa shape index (κ2) is 11.8. The van der Waals surface area contributed by atoms with Crippen LogP contribution in [0.1, 0.15) is 53.4 Å². The molecule has 190 valence electrons. The number of ether oxygens (including phenoxy) is 3. The Morgan fingerprint density at radius 1 is 0.917 bits per heavy atom. The SMILES string of the molecule is Cc1cc(OCCNC(=O)OC(C)(C)C)cc(C)c1-c1cccc(COc2ccc(C=O)cc2)c1C. The van der Waals surface area contributed by atoms with E-state index in [1.807, 2.05) is 39.0 Å². The Kier molecular flexibility index (Phi) is 8.75. The smallest absolute Gasteiger partial charge is 0.407 e. The standard InChI is InChI=1S/C30H35NO5/c1-20-16-26(34-15-14-31-29(33)36-30(4,5)6)17-21(2)28(20)27-9-7-8-24(22(27)3)19-35-25-12-10-23(18-32)11-13-25/h7-13,16-18H,14-15,19H2,1-6H3,(H,31,33). The fourth-order valence-corrected chi connectivity index (χ4v) is 3.98. The number of carbonyl (C=O) groups is 2. The van der Waals surface area contributed by atoms with Crippen molar-refractivity contribution in [1.82, 2.24) is 5.32 Å². The normalized spacial score (nSPS) is 11.1. The summed E-state index contributed by atoms with van der Waals surface area (Å²) in [7, 11) is 0. The Balaban J connectivity index is 1.67. The minimum Gasteiger partial charge on any atom is -0.492 e. The number of benzene rings is 3. The van der Waals surface area contributed by atoms with Gasteiger partial charge in [0, 0.05) is 5.56 Å². The predicted octanol–water partition coefficient (Wildman–Crippen LogP) is 6.57. The predicted molar refractivity (Wildman–Crippen MR) is 142 cm³/mol. The summed E-state index contributed by atoms with van der Waals surface area (Å²) in [5.74, 6) is 1.48. The van der Waals surface area contributed by atoms with Crippen LogP contribution >= 0.6 is 0 Å². The second-order valence-electron chi connectivity index (χ2n) is 9.77. The molecule has 0 fully saturated rings. The molecule has 0 saturated carbocycles. The summed E-state index contributed by atoms with van der Waals surface area (Å²) >= 11 is 0. The minimum absolute atomic E-state index is 0.344. The van der Waals surface area contributed by atoms with Crippen LogP contribution in [0.15, 0.2) is 54.6 Å². The lowest BCUT2D eigenvalue weighted by atomic mass is 9.90. The molecule has 1 amide bonds. The number of rotatable bonds is 9. The molecule has 1 N–H and O–H groups in total. The Morgan fingerprint density at radius 2 is 1.58 bits per heavy atom. The van der Waals surface area contributed by atoms with Crippen LogP contribution in [0.5, 0.6) is 11.5 Å². The van der Waals surface area contributed by atoms with E-state index in [-0.39, 0.29) is 0 Å². The number of alkyl carbamates (subject to hydrolysis) is 1. The van der Waals surface area contributed by atoms with Crippen molar-refractivity contribution in [2.75, 3.05) is 13.2 Å². The molecule has 0 spiro atoms. The molecule has 6 nitrogen and oxygen atoms in total. The first kappa shape index (κ1) is 26.8. The highest BCUT2D eigenvalue weighted by Crippen LogP contribution is 2.34. The Morgan fingerprint density at radius 3 is 2.19 bits per heavy atom. The van der Waals surface area contributed by atoms with Crippen molar-refractivity contribution in [3.8, 4) is 22.6 Å². The monoisotopic (exact) mass is 489 g/mol. The van der Waals surface area contributed by atoms with Crippen LogP contribution in [0.4, 0.5) is 4.79 Å². The van der Waals surface area contributed by atoms with Gasteiger partial charge in [0.25, 0.3) is 0 Å². The van der Waals surface area contributed by atoms with E-state index in [4.69, 9.17) is 14.2 Å². The maximum absolute atomic E-state index is 11.8. The van der Waals surface area contributed by atoms with Crippen molar-refractivity contribution >= 4 is 12.4 Å². The quantitative estimate of drug-likeness (QED) is 0.272. The van der Waals surface area contributed by atoms with E-state index in [1.165, 1.54) is 5.56 Å². The van der Waals surface area contributed by atoms with Crippen molar-refractivity contribution in [3.05, 3.63) is 82.4 Å². The van der Waals surface area contributed by atoms with Gasteiger partial charge in [0.05, 0.1) is 6.54 Å². The highest BCUT2D eigenvalue weighted by molar-refractivity contribution is 5.76. The number of nitrogens with one attached hydrogen (secondary N) is 1. The third-order valence-electron chi connectivity index (χ3n) is 5.67. The summed E-state index contributed by atoms with van der Waals surface area (Å²) < 4.78 is 17.1. The first-order valence-corrected chi connectivity index (χ1v) is 12.0. The molecular weight excluding hydrogens is 454 g/mol. The van der Waals surface area contributed by atoms with Crippen LogP contribution in [-0.2, 0) is 11.3 Å². The largest absolute Gasteiger partial charge is 0.492 e. The Bertz CT molecular complexity index is 1190. The van der Waals surface area contributed by atoms with Gasteiger partial charge in [-0.1, -0.05) is 18.2 Å². The number of hydrogen-bond acceptors (Lipinski definition) is 5. The maximum atomic E-state index is 11.8. The van der Waals surface area contributed by atoms with Gasteiger partial charge in [-0.25, -0.2) is 4.79 Å². The Hall–Kier alpha value is -3.80. The summed E-state index contributed by atoms with van der Waals surface area (Å²) in [4.78, 5) is 22.6. The zero-order valence-corrected chi connectivity index (χ0v) is 21.9. The van der Waals surface area contributed by atoms with Crippen LogP contribution in [0.2, 0.25) is 0 Å². The average molecular weight is 490 g/mol. The van der Waals surface area contributed by atoms with Gasteiger partial charge in [-0.15, -0.1) is 0 Å². The number of amides is 1. The van der Waals surface area contributed by atoms with Crippen LogP contribution in [0, 0.1) is 20.8 Å². The lowest BCUT2D eigenvalue weighted by molar-refractivity contribution is 0.0520. The second-order valence-corrected chi connectivity index (χ2v) is 9.77. The van der Waals surface area contributed by atoms with Crippen LogP contribution in [0.25, 0.3) is 11.1 Å². The van der Waals surface area contributed by atoms with E-state index in [9.17, 15) is 9.59 Å². The first-order valence-electron chi connectivity index (χ1n) is 12.0. The maximum Gasteiger partial charge on any atom is 0.407 e. The zero-order chi connectivity index (χ0) is 26.3. The van der Waals surface area contributed by atoms with E-state index in [1.54, 1.807) is 24.3 Å². The molecule has 0 aliphatic heterocycles. The molecule has 0 aromatic heterocycles. The van der Waals surface area contributed by atoms with Crippen LogP contribution in [-0.4, -0.2) is 31.1 Å². The van der Waals surface area contributed by atoms with Gasteiger partial charge in [0.15, 0.2) is 0 Å². The fourth-order valence-electron chi connectivity index (χ4n) is 3.98. The zero-order valence-electron chi connectivity index (χ0n) is 21.9. The average Bonchev–Trinajstić information content (AvgIpc) is 2.81. The molecule has 3 aromatic rings. The molecular formula is C30H35NO5.